The second-order valence-corrected chi connectivity index (χ2v) is 4.59. The molecule has 2 saturated heterocycles. The standard InChI is InChI=1S/C10H22N4/c11-5-10(12)8-6-14(7-8)9-1-3-13-4-2-9/h8-10,13H,1-7,11-12H2. The zero-order chi connectivity index (χ0) is 9.97. The fourth-order valence-corrected chi connectivity index (χ4v) is 2.48. The Morgan fingerprint density at radius 1 is 1.29 bits per heavy atom. The van der Waals surface area contributed by atoms with E-state index in [1.54, 1.807) is 0 Å². The first-order chi connectivity index (χ1) is 6.81. The molecule has 0 aromatic heterocycles. The van der Waals surface area contributed by atoms with Crippen LogP contribution in [0.2, 0.25) is 0 Å². The third kappa shape index (κ3) is 2.08. The second-order valence-electron chi connectivity index (χ2n) is 4.59. The molecule has 0 aromatic carbocycles. The van der Waals surface area contributed by atoms with Crippen molar-refractivity contribution < 1.29 is 0 Å². The molecule has 2 rings (SSSR count). The van der Waals surface area contributed by atoms with E-state index in [2.05, 4.69) is 10.2 Å². The van der Waals surface area contributed by atoms with Crippen molar-refractivity contribution in [2.75, 3.05) is 32.7 Å². The van der Waals surface area contributed by atoms with Gasteiger partial charge in [0.1, 0.15) is 0 Å². The molecule has 2 aliphatic rings. The number of likely N-dealkylation sites (tertiary alicyclic amines) is 1. The quantitative estimate of drug-likeness (QED) is 0.542. The van der Waals surface area contributed by atoms with Crippen LogP contribution in [-0.4, -0.2) is 49.7 Å². The van der Waals surface area contributed by atoms with E-state index in [0.29, 0.717) is 12.5 Å². The Hall–Kier alpha value is -0.160. The Labute approximate surface area is 86.0 Å². The topological polar surface area (TPSA) is 67.3 Å². The van der Waals surface area contributed by atoms with Crippen molar-refractivity contribution in [2.24, 2.45) is 17.4 Å². The number of nitrogens with one attached hydrogen (secondary N) is 1. The molecule has 0 aromatic rings. The molecule has 0 radical (unpaired) electrons. The molecule has 2 aliphatic heterocycles. The van der Waals surface area contributed by atoms with Crippen LogP contribution < -0.4 is 16.8 Å². The van der Waals surface area contributed by atoms with Crippen molar-refractivity contribution in [3.8, 4) is 0 Å². The van der Waals surface area contributed by atoms with Gasteiger partial charge in [0.25, 0.3) is 0 Å². The largest absolute Gasteiger partial charge is 0.329 e. The minimum atomic E-state index is 0.216. The highest BCUT2D eigenvalue weighted by molar-refractivity contribution is 4.92. The van der Waals surface area contributed by atoms with Crippen molar-refractivity contribution in [1.29, 1.82) is 0 Å². The molecule has 5 N–H and O–H groups in total. The van der Waals surface area contributed by atoms with Crippen LogP contribution in [-0.2, 0) is 0 Å². The Morgan fingerprint density at radius 3 is 2.50 bits per heavy atom. The molecular weight excluding hydrogens is 176 g/mol. The maximum absolute atomic E-state index is 5.91. The van der Waals surface area contributed by atoms with Crippen molar-refractivity contribution in [3.05, 3.63) is 0 Å². The summed E-state index contributed by atoms with van der Waals surface area (Å²) in [5.41, 5.74) is 11.5. The molecule has 1 atom stereocenters. The van der Waals surface area contributed by atoms with Crippen molar-refractivity contribution in [3.63, 3.8) is 0 Å². The fraction of sp³-hybridized carbons (Fsp3) is 1.00. The molecule has 4 nitrogen and oxygen atoms in total. The average molecular weight is 198 g/mol. The van der Waals surface area contributed by atoms with Gasteiger partial charge in [-0.2, -0.15) is 0 Å². The first-order valence-electron chi connectivity index (χ1n) is 5.71. The summed E-state index contributed by atoms with van der Waals surface area (Å²) in [6, 6.07) is 1.02. The van der Waals surface area contributed by atoms with Gasteiger partial charge in [0.15, 0.2) is 0 Å². The number of hydrogen-bond acceptors (Lipinski definition) is 4. The highest BCUT2D eigenvalue weighted by Crippen LogP contribution is 2.24. The van der Waals surface area contributed by atoms with Crippen LogP contribution in [0, 0.1) is 5.92 Å². The zero-order valence-electron chi connectivity index (χ0n) is 8.78. The van der Waals surface area contributed by atoms with E-state index in [4.69, 9.17) is 11.5 Å². The van der Waals surface area contributed by atoms with Crippen LogP contribution in [0.25, 0.3) is 0 Å². The summed E-state index contributed by atoms with van der Waals surface area (Å²) in [4.78, 5) is 2.57. The van der Waals surface area contributed by atoms with Gasteiger partial charge in [-0.25, -0.2) is 0 Å². The highest BCUT2D eigenvalue weighted by Gasteiger charge is 2.35. The summed E-state index contributed by atoms with van der Waals surface area (Å²) >= 11 is 0. The average Bonchev–Trinajstić information content (AvgIpc) is 2.17. The van der Waals surface area contributed by atoms with Gasteiger partial charge in [-0.15, -0.1) is 0 Å². The SMILES string of the molecule is NCC(N)C1CN(C2CCNCC2)C1. The Balaban J connectivity index is 1.71. The van der Waals surface area contributed by atoms with Gasteiger partial charge in [0, 0.05) is 37.6 Å². The van der Waals surface area contributed by atoms with E-state index >= 15 is 0 Å². The Morgan fingerprint density at radius 2 is 1.93 bits per heavy atom. The number of piperidine rings is 1. The summed E-state index contributed by atoms with van der Waals surface area (Å²) in [7, 11) is 0. The Kier molecular flexibility index (Phi) is 3.38. The third-order valence-electron chi connectivity index (χ3n) is 3.64. The molecular formula is C10H22N4. The van der Waals surface area contributed by atoms with Gasteiger partial charge < -0.3 is 16.8 Å². The maximum Gasteiger partial charge on any atom is 0.0216 e. The predicted octanol–water partition coefficient (Wildman–Crippen LogP) is -1.04. The molecule has 14 heavy (non-hydrogen) atoms. The van der Waals surface area contributed by atoms with Crippen LogP contribution in [0.4, 0.5) is 0 Å². The fourth-order valence-electron chi connectivity index (χ4n) is 2.48. The molecule has 2 heterocycles. The van der Waals surface area contributed by atoms with Gasteiger partial charge in [-0.05, 0) is 25.9 Å². The predicted molar refractivity (Wildman–Crippen MR) is 58.0 cm³/mol. The summed E-state index contributed by atoms with van der Waals surface area (Å²) < 4.78 is 0. The van der Waals surface area contributed by atoms with Crippen molar-refractivity contribution >= 4 is 0 Å². The number of hydrogen-bond donors (Lipinski definition) is 3. The molecule has 2 fully saturated rings. The number of nitrogens with two attached hydrogens (primary N) is 2. The molecule has 1 unspecified atom stereocenters. The monoisotopic (exact) mass is 198 g/mol. The maximum atomic E-state index is 5.91. The Bertz CT molecular complexity index is 173. The normalized spacial score (nSPS) is 28.7. The first-order valence-corrected chi connectivity index (χ1v) is 5.71. The van der Waals surface area contributed by atoms with E-state index in [9.17, 15) is 0 Å². The van der Waals surface area contributed by atoms with Crippen LogP contribution in [0.5, 0.6) is 0 Å². The van der Waals surface area contributed by atoms with Gasteiger partial charge in [-0.3, -0.25) is 4.90 Å². The van der Waals surface area contributed by atoms with Crippen LogP contribution in [0.3, 0.4) is 0 Å². The summed E-state index contributed by atoms with van der Waals surface area (Å²) in [6.07, 6.45) is 2.59. The van der Waals surface area contributed by atoms with Gasteiger partial charge in [-0.1, -0.05) is 0 Å². The van der Waals surface area contributed by atoms with Crippen LogP contribution >= 0.6 is 0 Å². The van der Waals surface area contributed by atoms with E-state index in [0.717, 1.165) is 6.04 Å². The van der Waals surface area contributed by atoms with E-state index in [1.807, 2.05) is 0 Å². The summed E-state index contributed by atoms with van der Waals surface area (Å²) in [5, 5.41) is 3.39. The summed E-state index contributed by atoms with van der Waals surface area (Å²) in [6.45, 7) is 5.32. The molecule has 0 saturated carbocycles. The third-order valence-corrected chi connectivity index (χ3v) is 3.64. The molecule has 82 valence electrons. The minimum Gasteiger partial charge on any atom is -0.329 e. The van der Waals surface area contributed by atoms with Crippen LogP contribution in [0.15, 0.2) is 0 Å². The zero-order valence-corrected chi connectivity index (χ0v) is 8.78. The van der Waals surface area contributed by atoms with Crippen LogP contribution in [0.1, 0.15) is 12.8 Å². The number of rotatable bonds is 3. The summed E-state index contributed by atoms with van der Waals surface area (Å²) in [5.74, 6) is 0.648. The lowest BCUT2D eigenvalue weighted by Crippen LogP contribution is -2.60. The van der Waals surface area contributed by atoms with E-state index < -0.39 is 0 Å². The van der Waals surface area contributed by atoms with E-state index in [1.165, 1.54) is 39.0 Å². The molecule has 0 aliphatic carbocycles. The lowest BCUT2D eigenvalue weighted by Gasteiger charge is -2.47. The molecule has 0 spiro atoms. The lowest BCUT2D eigenvalue weighted by molar-refractivity contribution is 0.0273. The highest BCUT2D eigenvalue weighted by atomic mass is 15.2. The van der Waals surface area contributed by atoms with Gasteiger partial charge in [0.05, 0.1) is 0 Å². The molecule has 0 bridgehead atoms. The van der Waals surface area contributed by atoms with Crippen molar-refractivity contribution in [1.82, 2.24) is 10.2 Å². The van der Waals surface area contributed by atoms with Crippen molar-refractivity contribution in [2.45, 2.75) is 24.9 Å². The lowest BCUT2D eigenvalue weighted by atomic mass is 9.88. The smallest absolute Gasteiger partial charge is 0.0216 e. The molecule has 0 amide bonds. The number of nitrogens with zero attached hydrogens (tertiary/aromatic N) is 1. The minimum absolute atomic E-state index is 0.216. The van der Waals surface area contributed by atoms with E-state index in [-0.39, 0.29) is 6.04 Å². The molecule has 4 heteroatoms. The first kappa shape index (κ1) is 10.4. The van der Waals surface area contributed by atoms with Gasteiger partial charge in [0.2, 0.25) is 0 Å². The van der Waals surface area contributed by atoms with Gasteiger partial charge >= 0.3 is 0 Å². The second kappa shape index (κ2) is 4.57.